The molecular weight excluding hydrogens is 348 g/mol. The molecule has 2 aliphatic heterocycles. The van der Waals surface area contributed by atoms with Crippen LogP contribution in [0.5, 0.6) is 0 Å². The maximum atomic E-state index is 13.3. The zero-order valence-electron chi connectivity index (χ0n) is 17.3. The Kier molecular flexibility index (Phi) is 4.45. The van der Waals surface area contributed by atoms with Crippen molar-refractivity contribution in [2.45, 2.75) is 51.8 Å². The SMILES string of the molecule is CC1C=CC2=C(N1C)N(C(=O)OC(C)(C)C)C(c1cccc3ccccc13)C2. The summed E-state index contributed by atoms with van der Waals surface area (Å²) in [5, 5.41) is 2.37. The van der Waals surface area contributed by atoms with Crippen LogP contribution in [0.4, 0.5) is 4.79 Å². The van der Waals surface area contributed by atoms with Crippen molar-refractivity contribution in [3.05, 3.63) is 71.6 Å². The van der Waals surface area contributed by atoms with E-state index in [0.29, 0.717) is 0 Å². The average Bonchev–Trinajstić information content (AvgIpc) is 3.03. The lowest BCUT2D eigenvalue weighted by Crippen LogP contribution is -2.43. The first-order valence-electron chi connectivity index (χ1n) is 9.90. The van der Waals surface area contributed by atoms with Gasteiger partial charge in [0.2, 0.25) is 0 Å². The quantitative estimate of drug-likeness (QED) is 0.647. The van der Waals surface area contributed by atoms with E-state index < -0.39 is 5.60 Å². The number of hydrogen-bond donors (Lipinski definition) is 0. The van der Waals surface area contributed by atoms with Crippen molar-refractivity contribution >= 4 is 16.9 Å². The third-order valence-electron chi connectivity index (χ3n) is 5.53. The van der Waals surface area contributed by atoms with Crippen LogP contribution in [0, 0.1) is 0 Å². The Balaban J connectivity index is 1.83. The average molecular weight is 377 g/mol. The first kappa shape index (κ1) is 18.6. The molecule has 0 saturated heterocycles. The van der Waals surface area contributed by atoms with Crippen molar-refractivity contribution in [3.63, 3.8) is 0 Å². The van der Waals surface area contributed by atoms with Crippen LogP contribution in [0.2, 0.25) is 0 Å². The van der Waals surface area contributed by atoms with Crippen LogP contribution in [0.25, 0.3) is 10.8 Å². The molecule has 0 aromatic heterocycles. The minimum atomic E-state index is -0.543. The molecule has 0 spiro atoms. The van der Waals surface area contributed by atoms with Gasteiger partial charge in [-0.1, -0.05) is 54.6 Å². The molecule has 2 aromatic carbocycles. The van der Waals surface area contributed by atoms with Gasteiger partial charge >= 0.3 is 6.09 Å². The van der Waals surface area contributed by atoms with Gasteiger partial charge in [-0.15, -0.1) is 0 Å². The van der Waals surface area contributed by atoms with Crippen LogP contribution in [-0.2, 0) is 4.74 Å². The largest absolute Gasteiger partial charge is 0.443 e. The van der Waals surface area contributed by atoms with Crippen molar-refractivity contribution in [3.8, 4) is 0 Å². The smallest absolute Gasteiger partial charge is 0.416 e. The van der Waals surface area contributed by atoms with Gasteiger partial charge in [0.15, 0.2) is 0 Å². The lowest BCUT2D eigenvalue weighted by molar-refractivity contribution is 0.0202. The Hall–Kier alpha value is -2.75. The molecule has 4 rings (SSSR count). The van der Waals surface area contributed by atoms with Gasteiger partial charge in [-0.25, -0.2) is 4.79 Å². The van der Waals surface area contributed by atoms with E-state index >= 15 is 0 Å². The highest BCUT2D eigenvalue weighted by molar-refractivity contribution is 5.87. The zero-order chi connectivity index (χ0) is 20.1. The highest BCUT2D eigenvalue weighted by Crippen LogP contribution is 2.45. The normalized spacial score (nSPS) is 22.0. The molecule has 2 unspecified atom stereocenters. The van der Waals surface area contributed by atoms with E-state index in [1.54, 1.807) is 0 Å². The lowest BCUT2D eigenvalue weighted by atomic mass is 9.95. The van der Waals surface area contributed by atoms with E-state index in [4.69, 9.17) is 4.74 Å². The summed E-state index contributed by atoms with van der Waals surface area (Å²) in [5.41, 5.74) is 1.80. The van der Waals surface area contributed by atoms with Crippen molar-refractivity contribution < 1.29 is 9.53 Å². The molecule has 0 fully saturated rings. The third kappa shape index (κ3) is 3.17. The summed E-state index contributed by atoms with van der Waals surface area (Å²) >= 11 is 0. The number of carbonyl (C=O) groups is 1. The second kappa shape index (κ2) is 6.69. The predicted molar refractivity (Wildman–Crippen MR) is 113 cm³/mol. The molecule has 0 saturated carbocycles. The van der Waals surface area contributed by atoms with Crippen LogP contribution < -0.4 is 0 Å². The van der Waals surface area contributed by atoms with E-state index in [0.717, 1.165) is 17.8 Å². The molecule has 2 aromatic rings. The Morgan fingerprint density at radius 1 is 1.11 bits per heavy atom. The number of hydrogen-bond acceptors (Lipinski definition) is 3. The van der Waals surface area contributed by atoms with Gasteiger partial charge in [-0.05, 0) is 49.6 Å². The molecule has 0 aliphatic carbocycles. The fourth-order valence-corrected chi connectivity index (χ4v) is 4.12. The minimum absolute atomic E-state index is 0.0802. The summed E-state index contributed by atoms with van der Waals surface area (Å²) in [7, 11) is 2.05. The number of rotatable bonds is 1. The summed E-state index contributed by atoms with van der Waals surface area (Å²) in [5.74, 6) is 0.960. The van der Waals surface area contributed by atoms with E-state index in [-0.39, 0.29) is 18.2 Å². The summed E-state index contributed by atoms with van der Waals surface area (Å²) < 4.78 is 5.82. The number of nitrogens with zero attached hydrogens (tertiary/aromatic N) is 2. The standard InChI is InChI=1S/C24H28N2O2/c1-16-13-14-18-15-21(20-12-8-10-17-9-6-7-11-19(17)20)26(22(18)25(16)5)23(27)28-24(2,3)4/h6-14,16,21H,15H2,1-5H3. The molecule has 4 nitrogen and oxygen atoms in total. The first-order chi connectivity index (χ1) is 13.3. The molecule has 146 valence electrons. The molecule has 4 heteroatoms. The second-order valence-electron chi connectivity index (χ2n) is 8.70. The summed E-state index contributed by atoms with van der Waals surface area (Å²) in [6.07, 6.45) is 4.86. The van der Waals surface area contributed by atoms with Crippen LogP contribution in [-0.4, -0.2) is 34.6 Å². The van der Waals surface area contributed by atoms with E-state index in [2.05, 4.69) is 60.4 Å². The number of likely N-dealkylation sites (N-methyl/N-ethyl adjacent to an activating group) is 1. The fraction of sp³-hybridized carbons (Fsp3) is 0.375. The summed E-state index contributed by atoms with van der Waals surface area (Å²) in [6.45, 7) is 7.88. The molecule has 2 aliphatic rings. The maximum absolute atomic E-state index is 13.3. The Morgan fingerprint density at radius 3 is 2.57 bits per heavy atom. The van der Waals surface area contributed by atoms with E-state index in [9.17, 15) is 4.79 Å². The van der Waals surface area contributed by atoms with Gasteiger partial charge in [-0.2, -0.15) is 0 Å². The molecular formula is C24H28N2O2. The summed E-state index contributed by atoms with van der Waals surface area (Å²) in [6, 6.07) is 14.8. The van der Waals surface area contributed by atoms with Gasteiger partial charge in [0, 0.05) is 19.5 Å². The molecule has 2 atom stereocenters. The molecule has 0 N–H and O–H groups in total. The fourth-order valence-electron chi connectivity index (χ4n) is 4.12. The molecule has 1 amide bonds. The van der Waals surface area contributed by atoms with Gasteiger partial charge in [0.1, 0.15) is 11.4 Å². The Labute approximate surface area is 167 Å². The number of benzene rings is 2. The zero-order valence-corrected chi connectivity index (χ0v) is 17.3. The topological polar surface area (TPSA) is 32.8 Å². The van der Waals surface area contributed by atoms with E-state index in [1.807, 2.05) is 38.8 Å². The molecule has 2 heterocycles. The number of ether oxygens (including phenoxy) is 1. The van der Waals surface area contributed by atoms with Crippen LogP contribution in [0.1, 0.15) is 45.7 Å². The van der Waals surface area contributed by atoms with Crippen molar-refractivity contribution in [1.82, 2.24) is 9.80 Å². The molecule has 0 bridgehead atoms. The van der Waals surface area contributed by atoms with Crippen LogP contribution in [0.3, 0.4) is 0 Å². The van der Waals surface area contributed by atoms with Crippen LogP contribution >= 0.6 is 0 Å². The van der Waals surface area contributed by atoms with Crippen molar-refractivity contribution in [2.75, 3.05) is 7.05 Å². The van der Waals surface area contributed by atoms with Crippen LogP contribution in [0.15, 0.2) is 66.0 Å². The highest BCUT2D eigenvalue weighted by atomic mass is 16.6. The predicted octanol–water partition coefficient (Wildman–Crippen LogP) is 5.62. The van der Waals surface area contributed by atoms with Crippen molar-refractivity contribution in [1.29, 1.82) is 0 Å². The van der Waals surface area contributed by atoms with Gasteiger partial charge in [0.05, 0.1) is 6.04 Å². The Bertz CT molecular complexity index is 978. The number of amides is 1. The lowest BCUT2D eigenvalue weighted by Gasteiger charge is -2.37. The van der Waals surface area contributed by atoms with Gasteiger partial charge in [0.25, 0.3) is 0 Å². The minimum Gasteiger partial charge on any atom is -0.443 e. The maximum Gasteiger partial charge on any atom is 0.416 e. The monoisotopic (exact) mass is 376 g/mol. The highest BCUT2D eigenvalue weighted by Gasteiger charge is 2.42. The number of fused-ring (bicyclic) bond motifs is 1. The number of carbonyl (C=O) groups excluding carboxylic acids is 1. The number of allylic oxidation sites excluding steroid dienone is 1. The molecule has 28 heavy (non-hydrogen) atoms. The van der Waals surface area contributed by atoms with E-state index in [1.165, 1.54) is 16.3 Å². The first-order valence-corrected chi connectivity index (χ1v) is 9.90. The van der Waals surface area contributed by atoms with Gasteiger partial charge < -0.3 is 9.64 Å². The Morgan fingerprint density at radius 2 is 1.82 bits per heavy atom. The van der Waals surface area contributed by atoms with Gasteiger partial charge in [-0.3, -0.25) is 4.90 Å². The molecule has 0 radical (unpaired) electrons. The summed E-state index contributed by atoms with van der Waals surface area (Å²) in [4.78, 5) is 17.3. The van der Waals surface area contributed by atoms with Crippen molar-refractivity contribution in [2.24, 2.45) is 0 Å². The third-order valence-corrected chi connectivity index (χ3v) is 5.53. The second-order valence-corrected chi connectivity index (χ2v) is 8.70.